The molecule has 0 fully saturated rings. The maximum Gasteiger partial charge on any atom is 0.222 e. The molecule has 1 N–H and O–H groups in total. The van der Waals surface area contributed by atoms with Crippen molar-refractivity contribution in [1.82, 2.24) is 19.7 Å². The van der Waals surface area contributed by atoms with E-state index in [1.165, 1.54) is 0 Å². The molecular formula is C15H21N5. The molecule has 2 aromatic rings. The highest BCUT2D eigenvalue weighted by atomic mass is 15.4. The van der Waals surface area contributed by atoms with Crippen molar-refractivity contribution in [2.75, 3.05) is 5.32 Å². The van der Waals surface area contributed by atoms with Gasteiger partial charge in [-0.05, 0) is 38.3 Å². The normalized spacial score (nSPS) is 21.4. The van der Waals surface area contributed by atoms with E-state index < -0.39 is 0 Å². The Morgan fingerprint density at radius 2 is 2.10 bits per heavy atom. The van der Waals surface area contributed by atoms with Gasteiger partial charge in [-0.25, -0.2) is 9.67 Å². The molecule has 0 aliphatic carbocycles. The minimum atomic E-state index is 0.433. The van der Waals surface area contributed by atoms with Gasteiger partial charge in [0.2, 0.25) is 11.8 Å². The number of hydrogen-bond acceptors (Lipinski definition) is 4. The number of anilines is 1. The fraction of sp³-hybridized carbons (Fsp3) is 0.533. The van der Waals surface area contributed by atoms with Gasteiger partial charge in [-0.1, -0.05) is 19.9 Å². The Labute approximate surface area is 119 Å². The van der Waals surface area contributed by atoms with Crippen LogP contribution in [0.5, 0.6) is 0 Å². The predicted octanol–water partition coefficient (Wildman–Crippen LogP) is 3.19. The first-order valence-corrected chi connectivity index (χ1v) is 7.38. The maximum absolute atomic E-state index is 4.66. The van der Waals surface area contributed by atoms with Crippen molar-refractivity contribution in [2.24, 2.45) is 0 Å². The smallest absolute Gasteiger partial charge is 0.222 e. The van der Waals surface area contributed by atoms with Crippen LogP contribution >= 0.6 is 0 Å². The molecule has 0 spiro atoms. The molecule has 20 heavy (non-hydrogen) atoms. The molecular weight excluding hydrogens is 250 g/mol. The summed E-state index contributed by atoms with van der Waals surface area (Å²) in [5.74, 6) is 1.60. The van der Waals surface area contributed by atoms with E-state index in [9.17, 15) is 0 Å². The molecule has 0 amide bonds. The first-order valence-electron chi connectivity index (χ1n) is 7.38. The summed E-state index contributed by atoms with van der Waals surface area (Å²) < 4.78 is 2.03. The second kappa shape index (κ2) is 5.23. The van der Waals surface area contributed by atoms with E-state index in [4.69, 9.17) is 0 Å². The lowest BCUT2D eigenvalue weighted by Crippen LogP contribution is -2.31. The van der Waals surface area contributed by atoms with Crippen molar-refractivity contribution in [3.63, 3.8) is 0 Å². The highest BCUT2D eigenvalue weighted by molar-refractivity contribution is 5.52. The summed E-state index contributed by atoms with van der Waals surface area (Å²) in [7, 11) is 0. The van der Waals surface area contributed by atoms with Gasteiger partial charge in [0.15, 0.2) is 0 Å². The first kappa shape index (κ1) is 13.1. The minimum absolute atomic E-state index is 0.433. The molecule has 5 heteroatoms. The molecule has 3 rings (SSSR count). The fourth-order valence-corrected chi connectivity index (χ4v) is 2.73. The largest absolute Gasteiger partial charge is 0.352 e. The molecule has 2 aromatic heterocycles. The molecule has 0 saturated heterocycles. The van der Waals surface area contributed by atoms with Crippen molar-refractivity contribution in [1.29, 1.82) is 0 Å². The maximum atomic E-state index is 4.66. The van der Waals surface area contributed by atoms with E-state index >= 15 is 0 Å². The van der Waals surface area contributed by atoms with Crippen LogP contribution in [-0.2, 0) is 0 Å². The average Bonchev–Trinajstić information content (AvgIpc) is 2.90. The Morgan fingerprint density at radius 1 is 1.25 bits per heavy atom. The van der Waals surface area contributed by atoms with Gasteiger partial charge in [-0.2, -0.15) is 4.98 Å². The second-order valence-electron chi connectivity index (χ2n) is 5.42. The third-order valence-electron chi connectivity index (χ3n) is 3.95. The molecule has 2 atom stereocenters. The molecule has 0 saturated carbocycles. The van der Waals surface area contributed by atoms with Crippen molar-refractivity contribution in [3.8, 4) is 11.5 Å². The standard InChI is InChI=1S/C15H21N5/c1-4-11-9-12(5-2)20-15(17-11)18-14(19-20)13-8-6-7-10(3)16-13/h6-8,11-12H,4-5,9H2,1-3H3,(H,17,18,19). The molecule has 0 aromatic carbocycles. The van der Waals surface area contributed by atoms with E-state index in [0.717, 1.165) is 36.6 Å². The van der Waals surface area contributed by atoms with Gasteiger partial charge in [-0.15, -0.1) is 5.10 Å². The minimum Gasteiger partial charge on any atom is -0.352 e. The first-order chi connectivity index (χ1) is 9.71. The van der Waals surface area contributed by atoms with Gasteiger partial charge in [0, 0.05) is 11.7 Å². The number of nitrogens with zero attached hydrogens (tertiary/aromatic N) is 4. The van der Waals surface area contributed by atoms with Crippen LogP contribution in [-0.4, -0.2) is 25.8 Å². The van der Waals surface area contributed by atoms with E-state index in [1.807, 2.05) is 29.8 Å². The molecule has 106 valence electrons. The summed E-state index contributed by atoms with van der Waals surface area (Å²) in [5, 5.41) is 8.14. The van der Waals surface area contributed by atoms with Crippen LogP contribution in [0.25, 0.3) is 11.5 Å². The summed E-state index contributed by atoms with van der Waals surface area (Å²) >= 11 is 0. The van der Waals surface area contributed by atoms with Crippen LogP contribution in [0, 0.1) is 6.92 Å². The zero-order chi connectivity index (χ0) is 14.1. The van der Waals surface area contributed by atoms with Crippen LogP contribution in [0.3, 0.4) is 0 Å². The third-order valence-corrected chi connectivity index (χ3v) is 3.95. The lowest BCUT2D eigenvalue weighted by molar-refractivity contribution is 0.361. The van der Waals surface area contributed by atoms with Crippen LogP contribution in [0.2, 0.25) is 0 Å². The van der Waals surface area contributed by atoms with Crippen LogP contribution in [0.4, 0.5) is 5.95 Å². The fourth-order valence-electron chi connectivity index (χ4n) is 2.73. The Balaban J connectivity index is 1.99. The topological polar surface area (TPSA) is 55.6 Å². The zero-order valence-corrected chi connectivity index (χ0v) is 12.3. The van der Waals surface area contributed by atoms with E-state index in [2.05, 4.69) is 34.2 Å². The Morgan fingerprint density at radius 3 is 2.80 bits per heavy atom. The summed E-state index contributed by atoms with van der Waals surface area (Å²) in [6, 6.07) is 6.88. The zero-order valence-electron chi connectivity index (χ0n) is 12.3. The molecule has 1 aliphatic heterocycles. The van der Waals surface area contributed by atoms with Gasteiger partial charge in [0.25, 0.3) is 0 Å². The Kier molecular flexibility index (Phi) is 3.42. The number of aryl methyl sites for hydroxylation is 1. The number of aromatic nitrogens is 4. The third kappa shape index (κ3) is 2.28. The highest BCUT2D eigenvalue weighted by Crippen LogP contribution is 2.30. The number of pyridine rings is 1. The van der Waals surface area contributed by atoms with Crippen molar-refractivity contribution in [2.45, 2.75) is 52.1 Å². The number of hydrogen-bond donors (Lipinski definition) is 1. The predicted molar refractivity (Wildman–Crippen MR) is 79.6 cm³/mol. The highest BCUT2D eigenvalue weighted by Gasteiger charge is 2.27. The monoisotopic (exact) mass is 271 g/mol. The number of rotatable bonds is 3. The molecule has 3 heterocycles. The van der Waals surface area contributed by atoms with Gasteiger partial charge >= 0.3 is 0 Å². The summed E-state index contributed by atoms with van der Waals surface area (Å²) in [4.78, 5) is 9.15. The molecule has 2 unspecified atom stereocenters. The average molecular weight is 271 g/mol. The lowest BCUT2D eigenvalue weighted by atomic mass is 10.0. The van der Waals surface area contributed by atoms with E-state index in [0.29, 0.717) is 17.9 Å². The summed E-state index contributed by atoms with van der Waals surface area (Å²) in [6.07, 6.45) is 3.31. The van der Waals surface area contributed by atoms with Crippen molar-refractivity contribution >= 4 is 5.95 Å². The quantitative estimate of drug-likeness (QED) is 0.931. The lowest BCUT2D eigenvalue weighted by Gasteiger charge is -2.29. The van der Waals surface area contributed by atoms with E-state index in [-0.39, 0.29) is 0 Å². The van der Waals surface area contributed by atoms with Gasteiger partial charge in [0.05, 0.1) is 6.04 Å². The number of nitrogens with one attached hydrogen (secondary N) is 1. The van der Waals surface area contributed by atoms with Crippen LogP contribution in [0.1, 0.15) is 44.8 Å². The molecule has 5 nitrogen and oxygen atoms in total. The summed E-state index contributed by atoms with van der Waals surface area (Å²) in [6.45, 7) is 6.40. The van der Waals surface area contributed by atoms with Crippen LogP contribution in [0.15, 0.2) is 18.2 Å². The molecule has 0 radical (unpaired) electrons. The van der Waals surface area contributed by atoms with Gasteiger partial charge in [-0.3, -0.25) is 0 Å². The van der Waals surface area contributed by atoms with E-state index in [1.54, 1.807) is 0 Å². The van der Waals surface area contributed by atoms with Gasteiger partial charge < -0.3 is 5.32 Å². The van der Waals surface area contributed by atoms with Gasteiger partial charge in [0.1, 0.15) is 5.69 Å². The Hall–Kier alpha value is -1.91. The molecule has 0 bridgehead atoms. The number of fused-ring (bicyclic) bond motifs is 1. The Bertz CT molecular complexity index is 604. The van der Waals surface area contributed by atoms with Crippen molar-refractivity contribution in [3.05, 3.63) is 23.9 Å². The summed E-state index contributed by atoms with van der Waals surface area (Å²) in [5.41, 5.74) is 1.83. The van der Waals surface area contributed by atoms with Crippen LogP contribution < -0.4 is 5.32 Å². The second-order valence-corrected chi connectivity index (χ2v) is 5.42. The SMILES string of the molecule is CCC1CC(CC)n2nc(-c3cccc(C)n3)nc2N1. The van der Waals surface area contributed by atoms with Crippen molar-refractivity contribution < 1.29 is 0 Å². The molecule has 1 aliphatic rings.